The van der Waals surface area contributed by atoms with Crippen LogP contribution < -0.4 is 0 Å². The normalized spacial score (nSPS) is 13.4. The summed E-state index contributed by atoms with van der Waals surface area (Å²) in [6.45, 7) is 3.95. The number of carbonyl (C=O) groups excluding carboxylic acids is 2. The molecule has 0 aliphatic heterocycles. The maximum Gasteiger partial charge on any atom is 0.306 e. The molecule has 0 fully saturated rings. The highest BCUT2D eigenvalue weighted by atomic mass is 16.6. The molecule has 0 aromatic heterocycles. The molecule has 0 aliphatic carbocycles. The topological polar surface area (TPSA) is 72.8 Å². The summed E-state index contributed by atoms with van der Waals surface area (Å²) in [5.41, 5.74) is 0. The summed E-state index contributed by atoms with van der Waals surface area (Å²) >= 11 is 0. The summed E-state index contributed by atoms with van der Waals surface area (Å²) in [4.78, 5) is 24.3. The number of hydrogen-bond acceptors (Lipinski definition) is 5. The van der Waals surface area contributed by atoms with Crippen LogP contribution >= 0.6 is 0 Å². The fourth-order valence-electron chi connectivity index (χ4n) is 6.05. The molecule has 1 atom stereocenters. The highest BCUT2D eigenvalue weighted by Gasteiger charge is 2.16. The predicted octanol–water partition coefficient (Wildman–Crippen LogP) is 16.1. The van der Waals surface area contributed by atoms with Crippen molar-refractivity contribution < 1.29 is 24.2 Å². The van der Waals surface area contributed by atoms with Gasteiger partial charge >= 0.3 is 11.9 Å². The van der Waals surface area contributed by atoms with Gasteiger partial charge in [0.05, 0.1) is 6.61 Å². The van der Waals surface area contributed by atoms with Crippen molar-refractivity contribution in [2.75, 3.05) is 13.2 Å². The van der Waals surface area contributed by atoms with Gasteiger partial charge in [0.15, 0.2) is 6.10 Å². The zero-order chi connectivity index (χ0) is 44.2. The first kappa shape index (κ1) is 57.0. The molecular weight excluding hydrogens is 753 g/mol. The number of allylic oxidation sites excluding steroid dienone is 22. The van der Waals surface area contributed by atoms with E-state index in [2.05, 4.69) is 148 Å². The third-order valence-corrected chi connectivity index (χ3v) is 9.68. The first-order valence-electron chi connectivity index (χ1n) is 24.2. The summed E-state index contributed by atoms with van der Waals surface area (Å²) in [7, 11) is 0. The predicted molar refractivity (Wildman–Crippen MR) is 264 cm³/mol. The van der Waals surface area contributed by atoms with E-state index in [0.29, 0.717) is 12.8 Å². The van der Waals surface area contributed by atoms with E-state index in [9.17, 15) is 14.7 Å². The Balaban J connectivity index is 3.69. The molecular formula is C56H88O5. The molecule has 0 aromatic rings. The monoisotopic (exact) mass is 841 g/mol. The molecule has 5 nitrogen and oxygen atoms in total. The molecule has 0 bridgehead atoms. The number of carbonyl (C=O) groups is 2. The maximum absolute atomic E-state index is 12.2. The Kier molecular flexibility index (Phi) is 47.1. The van der Waals surface area contributed by atoms with Gasteiger partial charge in [-0.1, -0.05) is 192 Å². The lowest BCUT2D eigenvalue weighted by Crippen LogP contribution is -2.28. The Morgan fingerprint density at radius 3 is 1.08 bits per heavy atom. The molecule has 0 amide bonds. The van der Waals surface area contributed by atoms with E-state index < -0.39 is 6.10 Å². The van der Waals surface area contributed by atoms with Crippen LogP contribution in [0, 0.1) is 0 Å². The standard InChI is InChI=1S/C56H88O5/c1-3-5-7-9-11-13-15-17-18-19-20-21-22-23-24-25-26-27-28-29-30-31-32-33-34-35-36-37-38-39-41-43-45-47-49-51-56(59)61-54(52-57)53-60-55(58)50-48-46-44-42-40-16-14-12-10-8-6-4-2/h5,7,11-14,17-18,20-21,23-24,26-27,29-30,32-33,35-36,38-39,54,57H,3-4,6,8-10,15-16,19,22,25,28,31,34,37,40-53H2,1-2H3/b7-5-,13-11-,14-12-,18-17-,21-20-,24-23-,27-26-,30-29-,33-32-,36-35-,39-38-. The first-order chi connectivity index (χ1) is 30.1. The minimum absolute atomic E-state index is 0.0890. The average molecular weight is 841 g/mol. The fraction of sp³-hybridized carbons (Fsp3) is 0.571. The molecule has 61 heavy (non-hydrogen) atoms. The molecule has 342 valence electrons. The minimum Gasteiger partial charge on any atom is -0.462 e. The van der Waals surface area contributed by atoms with E-state index in [1.807, 2.05) is 0 Å². The van der Waals surface area contributed by atoms with Gasteiger partial charge in [-0.25, -0.2) is 0 Å². The molecule has 0 radical (unpaired) electrons. The Hall–Kier alpha value is -3.96. The SMILES string of the molecule is CC/C=C\C/C=C\C/C=C\C/C=C\C/C=C\C/C=C\C/C=C\C/C=C\C/C=C\C/C=C\CCCCCCC(=O)OC(CO)COC(=O)CCCCCCC/C=C\CCCCC. The van der Waals surface area contributed by atoms with Gasteiger partial charge in [-0.05, 0) is 116 Å². The molecule has 0 aromatic carbocycles. The highest BCUT2D eigenvalue weighted by Crippen LogP contribution is 2.11. The van der Waals surface area contributed by atoms with E-state index in [-0.39, 0.29) is 25.2 Å². The zero-order valence-corrected chi connectivity index (χ0v) is 38.9. The van der Waals surface area contributed by atoms with Crippen LogP contribution in [0.15, 0.2) is 134 Å². The molecule has 0 saturated carbocycles. The van der Waals surface area contributed by atoms with Crippen molar-refractivity contribution >= 4 is 11.9 Å². The first-order valence-corrected chi connectivity index (χ1v) is 24.2. The Labute approximate surface area is 375 Å². The number of ether oxygens (including phenoxy) is 2. The molecule has 0 rings (SSSR count). The third kappa shape index (κ3) is 48.6. The summed E-state index contributed by atoms with van der Waals surface area (Å²) in [5, 5.41) is 9.58. The largest absolute Gasteiger partial charge is 0.462 e. The summed E-state index contributed by atoms with van der Waals surface area (Å²) in [5.74, 6) is -0.643. The maximum atomic E-state index is 12.2. The molecule has 1 unspecified atom stereocenters. The van der Waals surface area contributed by atoms with Crippen LogP contribution in [0.2, 0.25) is 0 Å². The van der Waals surface area contributed by atoms with Gasteiger partial charge in [0.2, 0.25) is 0 Å². The van der Waals surface area contributed by atoms with Crippen LogP contribution in [0.25, 0.3) is 0 Å². The van der Waals surface area contributed by atoms with Crippen LogP contribution in [0.3, 0.4) is 0 Å². The molecule has 0 spiro atoms. The van der Waals surface area contributed by atoms with Crippen molar-refractivity contribution in [1.29, 1.82) is 0 Å². The van der Waals surface area contributed by atoms with Gasteiger partial charge < -0.3 is 14.6 Å². The Morgan fingerprint density at radius 1 is 0.393 bits per heavy atom. The van der Waals surface area contributed by atoms with E-state index >= 15 is 0 Å². The second-order valence-corrected chi connectivity index (χ2v) is 15.4. The van der Waals surface area contributed by atoms with Crippen molar-refractivity contribution in [2.24, 2.45) is 0 Å². The number of rotatable bonds is 42. The quantitative estimate of drug-likeness (QED) is 0.0376. The lowest BCUT2D eigenvalue weighted by Gasteiger charge is -2.15. The second-order valence-electron chi connectivity index (χ2n) is 15.4. The summed E-state index contributed by atoms with van der Waals surface area (Å²) in [6, 6.07) is 0. The highest BCUT2D eigenvalue weighted by molar-refractivity contribution is 5.70. The van der Waals surface area contributed by atoms with Crippen molar-refractivity contribution in [2.45, 2.75) is 193 Å². The number of aliphatic hydroxyl groups excluding tert-OH is 1. The van der Waals surface area contributed by atoms with Crippen molar-refractivity contribution in [3.63, 3.8) is 0 Å². The smallest absolute Gasteiger partial charge is 0.306 e. The Bertz CT molecular complexity index is 1320. The summed E-state index contributed by atoms with van der Waals surface area (Å²) in [6.07, 6.45) is 75.4. The van der Waals surface area contributed by atoms with E-state index in [4.69, 9.17) is 9.47 Å². The lowest BCUT2D eigenvalue weighted by atomic mass is 10.1. The van der Waals surface area contributed by atoms with Crippen LogP contribution in [0.5, 0.6) is 0 Å². The van der Waals surface area contributed by atoms with E-state index in [0.717, 1.165) is 122 Å². The molecule has 0 aliphatic rings. The van der Waals surface area contributed by atoms with Crippen molar-refractivity contribution in [3.8, 4) is 0 Å². The number of esters is 2. The van der Waals surface area contributed by atoms with Gasteiger partial charge in [0.1, 0.15) is 6.61 Å². The van der Waals surface area contributed by atoms with E-state index in [1.165, 1.54) is 38.5 Å². The van der Waals surface area contributed by atoms with Gasteiger partial charge in [-0.15, -0.1) is 0 Å². The Morgan fingerprint density at radius 2 is 0.705 bits per heavy atom. The lowest BCUT2D eigenvalue weighted by molar-refractivity contribution is -0.161. The van der Waals surface area contributed by atoms with Gasteiger partial charge in [-0.2, -0.15) is 0 Å². The number of unbranched alkanes of at least 4 members (excludes halogenated alkanes) is 12. The summed E-state index contributed by atoms with van der Waals surface area (Å²) < 4.78 is 10.6. The van der Waals surface area contributed by atoms with Crippen LogP contribution in [-0.2, 0) is 19.1 Å². The van der Waals surface area contributed by atoms with Gasteiger partial charge in [0, 0.05) is 12.8 Å². The van der Waals surface area contributed by atoms with Gasteiger partial charge in [0.25, 0.3) is 0 Å². The average Bonchev–Trinajstić information content (AvgIpc) is 3.26. The minimum atomic E-state index is -0.797. The second kappa shape index (κ2) is 50.4. The molecule has 0 heterocycles. The fourth-order valence-corrected chi connectivity index (χ4v) is 6.05. The molecule has 0 saturated heterocycles. The molecule has 5 heteroatoms. The van der Waals surface area contributed by atoms with Crippen LogP contribution in [0.1, 0.15) is 187 Å². The molecule has 1 N–H and O–H groups in total. The van der Waals surface area contributed by atoms with Crippen molar-refractivity contribution in [1.82, 2.24) is 0 Å². The van der Waals surface area contributed by atoms with Gasteiger partial charge in [-0.3, -0.25) is 9.59 Å². The number of aliphatic hydroxyl groups is 1. The third-order valence-electron chi connectivity index (χ3n) is 9.68. The number of hydrogen-bond donors (Lipinski definition) is 1. The van der Waals surface area contributed by atoms with Crippen LogP contribution in [-0.4, -0.2) is 36.4 Å². The van der Waals surface area contributed by atoms with E-state index in [1.54, 1.807) is 0 Å². The van der Waals surface area contributed by atoms with Crippen LogP contribution in [0.4, 0.5) is 0 Å². The zero-order valence-electron chi connectivity index (χ0n) is 38.9. The van der Waals surface area contributed by atoms with Crippen molar-refractivity contribution in [3.05, 3.63) is 134 Å².